The van der Waals surface area contributed by atoms with Crippen molar-refractivity contribution in [3.8, 4) is 6.07 Å². The topological polar surface area (TPSA) is 115 Å². The van der Waals surface area contributed by atoms with Gasteiger partial charge < -0.3 is 15.6 Å². The minimum atomic E-state index is -0.519. The maximum absolute atomic E-state index is 11.5. The van der Waals surface area contributed by atoms with Gasteiger partial charge in [0, 0.05) is 48.5 Å². The fourth-order valence-corrected chi connectivity index (χ4v) is 5.22. The van der Waals surface area contributed by atoms with E-state index in [9.17, 15) is 10.1 Å². The van der Waals surface area contributed by atoms with Crippen molar-refractivity contribution in [3.05, 3.63) is 53.5 Å². The fraction of sp³-hybridized carbons (Fsp3) is 0.417. The van der Waals surface area contributed by atoms with Crippen LogP contribution in [0, 0.1) is 11.3 Å². The lowest BCUT2D eigenvalue weighted by Crippen LogP contribution is -2.54. The van der Waals surface area contributed by atoms with Crippen LogP contribution in [-0.4, -0.2) is 57.5 Å². The molecule has 2 aliphatic heterocycles. The number of amides is 1. The van der Waals surface area contributed by atoms with Crippen LogP contribution in [0.25, 0.3) is 10.9 Å². The molecule has 164 valence electrons. The molecular weight excluding hydrogens is 402 g/mol. The highest BCUT2D eigenvalue weighted by Gasteiger charge is 2.40. The van der Waals surface area contributed by atoms with Gasteiger partial charge in [0.15, 0.2) is 0 Å². The summed E-state index contributed by atoms with van der Waals surface area (Å²) in [4.78, 5) is 28.4. The summed E-state index contributed by atoms with van der Waals surface area (Å²) < 4.78 is 0. The summed E-state index contributed by atoms with van der Waals surface area (Å²) in [5.41, 5.74) is 8.73. The Labute approximate surface area is 187 Å². The molecule has 2 bridgehead atoms. The molecule has 4 heterocycles. The Kier molecular flexibility index (Phi) is 5.50. The van der Waals surface area contributed by atoms with Crippen LogP contribution in [0.5, 0.6) is 0 Å². The Morgan fingerprint density at radius 1 is 1.22 bits per heavy atom. The van der Waals surface area contributed by atoms with Crippen LogP contribution in [0.2, 0.25) is 0 Å². The number of H-pyrrole nitrogens is 1. The molecule has 2 saturated heterocycles. The van der Waals surface area contributed by atoms with E-state index in [2.05, 4.69) is 37.0 Å². The zero-order valence-corrected chi connectivity index (χ0v) is 18.0. The molecule has 2 fully saturated rings. The van der Waals surface area contributed by atoms with Gasteiger partial charge in [0.05, 0.1) is 11.6 Å². The van der Waals surface area contributed by atoms with Crippen LogP contribution >= 0.6 is 0 Å². The van der Waals surface area contributed by atoms with Gasteiger partial charge in [-0.3, -0.25) is 9.69 Å². The van der Waals surface area contributed by atoms with E-state index in [4.69, 9.17) is 5.73 Å². The molecule has 3 aromatic rings. The molecule has 2 aliphatic rings. The summed E-state index contributed by atoms with van der Waals surface area (Å²) in [5.74, 6) is 0.0863. The lowest BCUT2D eigenvalue weighted by molar-refractivity contribution is 0.0995. The molecule has 0 saturated carbocycles. The summed E-state index contributed by atoms with van der Waals surface area (Å²) in [5, 5.41) is 10.3. The van der Waals surface area contributed by atoms with Crippen LogP contribution in [-0.2, 0) is 6.42 Å². The van der Waals surface area contributed by atoms with Gasteiger partial charge >= 0.3 is 0 Å². The third kappa shape index (κ3) is 3.92. The number of nitrogens with two attached hydrogens (primary N) is 1. The van der Waals surface area contributed by atoms with Gasteiger partial charge in [-0.05, 0) is 68.5 Å². The van der Waals surface area contributed by atoms with Crippen LogP contribution in [0.4, 0.5) is 5.95 Å². The summed E-state index contributed by atoms with van der Waals surface area (Å²) in [6, 6.07) is 10.6. The maximum atomic E-state index is 11.5. The highest BCUT2D eigenvalue weighted by molar-refractivity contribution is 5.90. The Balaban J connectivity index is 1.17. The first-order valence-electron chi connectivity index (χ1n) is 11.3. The molecule has 2 atom stereocenters. The monoisotopic (exact) mass is 429 g/mol. The number of carbonyl (C=O) groups is 1. The van der Waals surface area contributed by atoms with Gasteiger partial charge in [-0.1, -0.05) is 0 Å². The number of hydrogen-bond acceptors (Lipinski definition) is 6. The number of nitriles is 1. The third-order valence-electron chi connectivity index (χ3n) is 6.82. The van der Waals surface area contributed by atoms with Crippen LogP contribution in [0.15, 0.2) is 36.7 Å². The molecule has 8 nitrogen and oxygen atoms in total. The number of unbranched alkanes of at least 4 members (excludes halogenated alkanes) is 1. The van der Waals surface area contributed by atoms with E-state index in [1.165, 1.54) is 18.4 Å². The van der Waals surface area contributed by atoms with Gasteiger partial charge in [-0.15, -0.1) is 0 Å². The zero-order chi connectivity index (χ0) is 22.1. The minimum absolute atomic E-state index is 0.268. The average molecular weight is 430 g/mol. The Morgan fingerprint density at radius 2 is 2.03 bits per heavy atom. The molecule has 3 N–H and O–H groups in total. The lowest BCUT2D eigenvalue weighted by atomic mass is 10.0. The molecule has 0 radical (unpaired) electrons. The van der Waals surface area contributed by atoms with E-state index >= 15 is 0 Å². The van der Waals surface area contributed by atoms with Gasteiger partial charge in [-0.2, -0.15) is 5.26 Å². The number of primary amides is 1. The van der Waals surface area contributed by atoms with Crippen molar-refractivity contribution in [1.29, 1.82) is 5.26 Å². The fourth-order valence-electron chi connectivity index (χ4n) is 5.22. The van der Waals surface area contributed by atoms with Gasteiger partial charge in [0.25, 0.3) is 5.91 Å². The smallest absolute Gasteiger partial charge is 0.267 e. The van der Waals surface area contributed by atoms with Crippen molar-refractivity contribution in [1.82, 2.24) is 19.9 Å². The Hall–Kier alpha value is -3.44. The maximum Gasteiger partial charge on any atom is 0.267 e. The number of carbonyl (C=O) groups excluding carboxylic acids is 1. The Bertz CT molecular complexity index is 1170. The first-order valence-corrected chi connectivity index (χ1v) is 11.3. The van der Waals surface area contributed by atoms with E-state index in [1.807, 2.05) is 18.2 Å². The predicted octanol–water partition coefficient (Wildman–Crippen LogP) is 2.60. The molecule has 1 aromatic carbocycles. The van der Waals surface area contributed by atoms with Crippen molar-refractivity contribution in [3.63, 3.8) is 0 Å². The van der Waals surface area contributed by atoms with Crippen molar-refractivity contribution in [2.75, 3.05) is 24.5 Å². The van der Waals surface area contributed by atoms with Crippen LogP contribution < -0.4 is 10.6 Å². The number of anilines is 1. The largest absolute Gasteiger partial charge is 0.364 e. The van der Waals surface area contributed by atoms with E-state index < -0.39 is 5.91 Å². The van der Waals surface area contributed by atoms with Crippen LogP contribution in [0.1, 0.15) is 47.3 Å². The second-order valence-electron chi connectivity index (χ2n) is 8.78. The molecule has 2 aromatic heterocycles. The van der Waals surface area contributed by atoms with Gasteiger partial charge in [-0.25, -0.2) is 9.97 Å². The second-order valence-corrected chi connectivity index (χ2v) is 8.78. The molecule has 0 aliphatic carbocycles. The van der Waals surface area contributed by atoms with Crippen molar-refractivity contribution in [2.45, 2.75) is 44.2 Å². The molecule has 1 amide bonds. The minimum Gasteiger partial charge on any atom is -0.364 e. The van der Waals surface area contributed by atoms with Crippen molar-refractivity contribution in [2.24, 2.45) is 5.73 Å². The first kappa shape index (κ1) is 20.5. The summed E-state index contributed by atoms with van der Waals surface area (Å²) in [6.45, 7) is 2.87. The molecule has 5 rings (SSSR count). The summed E-state index contributed by atoms with van der Waals surface area (Å²) in [7, 11) is 0. The van der Waals surface area contributed by atoms with E-state index in [-0.39, 0.29) is 5.69 Å². The average Bonchev–Trinajstić information content (AvgIpc) is 3.32. The number of aromatic nitrogens is 3. The summed E-state index contributed by atoms with van der Waals surface area (Å²) in [6.07, 6.45) is 9.35. The van der Waals surface area contributed by atoms with Crippen molar-refractivity contribution >= 4 is 22.8 Å². The lowest BCUT2D eigenvalue weighted by Gasteiger charge is -2.41. The number of nitrogens with zero attached hydrogens (tertiary/aromatic N) is 5. The standard InChI is InChI=1S/C24H27N7O/c25-12-16-4-7-21-20(11-16)17(13-28-21)3-1-2-10-31-18-5-6-19(31)15-30(14-18)24-27-9-8-22(29-24)23(26)32/h4,7-9,11,13,18-19,28H,1-3,5-6,10,14-15H2,(H2,26,32). The Morgan fingerprint density at radius 3 is 2.78 bits per heavy atom. The highest BCUT2D eigenvalue weighted by atomic mass is 16.1. The number of fused-ring (bicyclic) bond motifs is 3. The van der Waals surface area contributed by atoms with Gasteiger partial charge in [0.1, 0.15) is 5.69 Å². The first-order chi connectivity index (χ1) is 15.6. The number of rotatable bonds is 7. The number of nitrogens with one attached hydrogen (secondary N) is 1. The zero-order valence-electron chi connectivity index (χ0n) is 18.0. The van der Waals surface area contributed by atoms with Gasteiger partial charge in [0.2, 0.25) is 5.95 Å². The summed E-state index contributed by atoms with van der Waals surface area (Å²) >= 11 is 0. The van der Waals surface area contributed by atoms with E-state index in [1.54, 1.807) is 12.3 Å². The molecule has 2 unspecified atom stereocenters. The van der Waals surface area contributed by atoms with E-state index in [0.717, 1.165) is 49.8 Å². The number of benzene rings is 1. The molecular formula is C24H27N7O. The quantitative estimate of drug-likeness (QED) is 0.558. The second kappa shape index (κ2) is 8.60. The predicted molar refractivity (Wildman–Crippen MR) is 122 cm³/mol. The molecule has 8 heteroatoms. The third-order valence-corrected chi connectivity index (χ3v) is 6.82. The molecule has 32 heavy (non-hydrogen) atoms. The highest BCUT2D eigenvalue weighted by Crippen LogP contribution is 2.32. The number of aromatic amines is 1. The number of aryl methyl sites for hydroxylation is 1. The molecule has 0 spiro atoms. The van der Waals surface area contributed by atoms with Crippen LogP contribution in [0.3, 0.4) is 0 Å². The normalized spacial score (nSPS) is 20.5. The number of hydrogen-bond donors (Lipinski definition) is 2. The van der Waals surface area contributed by atoms with Crippen molar-refractivity contribution < 1.29 is 4.79 Å². The van der Waals surface area contributed by atoms with E-state index in [0.29, 0.717) is 23.6 Å². The number of piperazine rings is 1. The SMILES string of the molecule is N#Cc1ccc2[nH]cc(CCCCN3C4CCC3CN(c3nccc(C(N)=O)n3)C4)c2c1.